The van der Waals surface area contributed by atoms with E-state index in [4.69, 9.17) is 19.9 Å². The van der Waals surface area contributed by atoms with Gasteiger partial charge in [-0.25, -0.2) is 14.0 Å². The predicted molar refractivity (Wildman–Crippen MR) is 109 cm³/mol. The molecule has 1 aromatic heterocycles. The number of carbonyl (C=O) groups excluding carboxylic acids is 2. The number of alkyl halides is 3. The lowest BCUT2D eigenvalue weighted by Gasteiger charge is -2.39. The molecule has 0 bridgehead atoms. The Morgan fingerprint density at radius 1 is 1.30 bits per heavy atom. The molecule has 186 valence electrons. The average Bonchev–Trinajstić information content (AvgIpc) is 2.69. The molecule has 0 radical (unpaired) electrons. The number of ether oxygens (including phenoxy) is 3. The van der Waals surface area contributed by atoms with E-state index < -0.39 is 55.1 Å². The molecule has 1 aromatic rings. The molecule has 1 saturated heterocycles. The molecule has 3 N–H and O–H groups in total. The summed E-state index contributed by atoms with van der Waals surface area (Å²) in [5.41, 5.74) is 5.44. The Bertz CT molecular complexity index is 811. The summed E-state index contributed by atoms with van der Waals surface area (Å²) in [6, 6.07) is -0.782. The third-order valence-electron chi connectivity index (χ3n) is 4.59. The molecule has 2 atom stereocenters. The quantitative estimate of drug-likeness (QED) is 0.602. The van der Waals surface area contributed by atoms with Crippen molar-refractivity contribution < 1.29 is 41.4 Å². The van der Waals surface area contributed by atoms with Crippen LogP contribution in [0, 0.1) is 5.82 Å². The minimum Gasteiger partial charge on any atom is -0.447 e. The molecule has 1 fully saturated rings. The van der Waals surface area contributed by atoms with Crippen LogP contribution in [0.3, 0.4) is 0 Å². The highest BCUT2D eigenvalue weighted by atomic mass is 19.4. The maximum atomic E-state index is 14.0. The van der Waals surface area contributed by atoms with Crippen LogP contribution in [-0.2, 0) is 20.6 Å². The summed E-state index contributed by atoms with van der Waals surface area (Å²) in [6.45, 7) is 3.06. The summed E-state index contributed by atoms with van der Waals surface area (Å²) in [5, 5.41) is 1.59. The zero-order valence-corrected chi connectivity index (χ0v) is 18.6. The molecular weight excluding hydrogens is 452 g/mol. The SMILES string of the molecule is CC(C)(C)OC(=O)N1C[C@@H](CCc2c(N)cncc2F)OC[C@H]1COC(=O)NCC(F)(F)F. The van der Waals surface area contributed by atoms with E-state index in [0.717, 1.165) is 6.20 Å². The van der Waals surface area contributed by atoms with Crippen LogP contribution in [-0.4, -0.2) is 72.3 Å². The molecule has 2 heterocycles. The number of rotatable bonds is 6. The Morgan fingerprint density at radius 2 is 2.00 bits per heavy atom. The van der Waals surface area contributed by atoms with Crippen LogP contribution in [0.15, 0.2) is 12.4 Å². The zero-order chi connectivity index (χ0) is 24.8. The molecule has 0 aromatic carbocycles. The number of nitrogens with zero attached hydrogens (tertiary/aromatic N) is 2. The summed E-state index contributed by atoms with van der Waals surface area (Å²) in [4.78, 5) is 29.2. The largest absolute Gasteiger partial charge is 0.447 e. The molecule has 0 unspecified atom stereocenters. The molecule has 1 aliphatic rings. The third-order valence-corrected chi connectivity index (χ3v) is 4.59. The summed E-state index contributed by atoms with van der Waals surface area (Å²) < 4.78 is 66.6. The van der Waals surface area contributed by atoms with Crippen molar-refractivity contribution in [3.05, 3.63) is 23.8 Å². The number of hydrogen-bond donors (Lipinski definition) is 2. The smallest absolute Gasteiger partial charge is 0.410 e. The summed E-state index contributed by atoms with van der Waals surface area (Å²) in [6.07, 6.45) is -4.11. The number of pyridine rings is 1. The molecular formula is C20H28F4N4O5. The number of carbonyl (C=O) groups is 2. The Labute approximate surface area is 188 Å². The number of anilines is 1. The second-order valence-electron chi connectivity index (χ2n) is 8.54. The fourth-order valence-corrected chi connectivity index (χ4v) is 3.06. The van der Waals surface area contributed by atoms with Crippen LogP contribution in [0.25, 0.3) is 0 Å². The van der Waals surface area contributed by atoms with Crippen LogP contribution in [0.2, 0.25) is 0 Å². The van der Waals surface area contributed by atoms with Crippen molar-refractivity contribution in [2.45, 2.75) is 57.5 Å². The number of nitrogen functional groups attached to an aromatic ring is 1. The van der Waals surface area contributed by atoms with Gasteiger partial charge in [0.15, 0.2) is 0 Å². The minimum absolute atomic E-state index is 0.0414. The average molecular weight is 480 g/mol. The van der Waals surface area contributed by atoms with Crippen LogP contribution in [0.5, 0.6) is 0 Å². The second kappa shape index (κ2) is 10.9. The van der Waals surface area contributed by atoms with Gasteiger partial charge in [0.1, 0.15) is 24.6 Å². The molecule has 9 nitrogen and oxygen atoms in total. The summed E-state index contributed by atoms with van der Waals surface area (Å²) in [7, 11) is 0. The maximum absolute atomic E-state index is 14.0. The highest BCUT2D eigenvalue weighted by molar-refractivity contribution is 5.69. The third kappa shape index (κ3) is 8.91. The lowest BCUT2D eigenvalue weighted by atomic mass is 10.0. The van der Waals surface area contributed by atoms with Crippen molar-refractivity contribution in [2.75, 3.05) is 32.0 Å². The normalized spacial score (nSPS) is 19.2. The van der Waals surface area contributed by atoms with Crippen molar-refractivity contribution in [2.24, 2.45) is 0 Å². The Kier molecular flexibility index (Phi) is 8.69. The lowest BCUT2D eigenvalue weighted by molar-refractivity contribution is -0.124. The van der Waals surface area contributed by atoms with Crippen LogP contribution in [0.1, 0.15) is 32.8 Å². The number of alkyl carbamates (subject to hydrolysis) is 1. The van der Waals surface area contributed by atoms with Gasteiger partial charge in [0.2, 0.25) is 0 Å². The van der Waals surface area contributed by atoms with E-state index in [1.807, 2.05) is 0 Å². The van der Waals surface area contributed by atoms with Gasteiger partial charge >= 0.3 is 18.4 Å². The van der Waals surface area contributed by atoms with Gasteiger partial charge in [-0.2, -0.15) is 13.2 Å². The van der Waals surface area contributed by atoms with Gasteiger partial charge < -0.3 is 25.3 Å². The fraction of sp³-hybridized carbons (Fsp3) is 0.650. The van der Waals surface area contributed by atoms with E-state index in [-0.39, 0.29) is 30.8 Å². The Hall–Kier alpha value is -2.83. The first-order valence-electron chi connectivity index (χ1n) is 10.2. The van der Waals surface area contributed by atoms with E-state index >= 15 is 0 Å². The van der Waals surface area contributed by atoms with Crippen molar-refractivity contribution >= 4 is 17.9 Å². The van der Waals surface area contributed by atoms with Crippen LogP contribution in [0.4, 0.5) is 32.8 Å². The first-order chi connectivity index (χ1) is 15.2. The topological polar surface area (TPSA) is 116 Å². The van der Waals surface area contributed by atoms with Gasteiger partial charge in [-0.05, 0) is 33.6 Å². The zero-order valence-electron chi connectivity index (χ0n) is 18.6. The number of hydrogen-bond acceptors (Lipinski definition) is 7. The van der Waals surface area contributed by atoms with Gasteiger partial charge in [0.05, 0.1) is 43.4 Å². The van der Waals surface area contributed by atoms with Crippen molar-refractivity contribution in [3.63, 3.8) is 0 Å². The molecule has 13 heteroatoms. The van der Waals surface area contributed by atoms with Gasteiger partial charge in [-0.15, -0.1) is 0 Å². The first-order valence-corrected chi connectivity index (χ1v) is 10.2. The maximum Gasteiger partial charge on any atom is 0.410 e. The fourth-order valence-electron chi connectivity index (χ4n) is 3.06. The number of nitrogens with one attached hydrogen (secondary N) is 1. The van der Waals surface area contributed by atoms with Crippen molar-refractivity contribution in [1.82, 2.24) is 15.2 Å². The molecule has 0 spiro atoms. The highest BCUT2D eigenvalue weighted by Crippen LogP contribution is 2.22. The van der Waals surface area contributed by atoms with Gasteiger partial charge in [0, 0.05) is 5.56 Å². The van der Waals surface area contributed by atoms with Crippen LogP contribution < -0.4 is 11.1 Å². The van der Waals surface area contributed by atoms with Crippen LogP contribution >= 0.6 is 0 Å². The van der Waals surface area contributed by atoms with E-state index in [1.54, 1.807) is 26.1 Å². The Balaban J connectivity index is 2.00. The highest BCUT2D eigenvalue weighted by Gasteiger charge is 2.36. The molecule has 33 heavy (non-hydrogen) atoms. The van der Waals surface area contributed by atoms with E-state index in [9.17, 15) is 27.2 Å². The van der Waals surface area contributed by atoms with Crippen molar-refractivity contribution in [1.29, 1.82) is 0 Å². The molecule has 2 rings (SSSR count). The molecule has 2 amide bonds. The lowest BCUT2D eigenvalue weighted by Crippen LogP contribution is -2.55. The standard InChI is InChI=1S/C20H28F4N4O5/c1-19(2,3)33-18(30)28-8-13(4-5-14-15(21)6-26-7-16(14)25)31-9-12(28)10-32-17(29)27-11-20(22,23)24/h6-7,12-13H,4-5,8-11,25H2,1-3H3,(H,27,29)/t12-,13+/m0/s1. The van der Waals surface area contributed by atoms with Gasteiger partial charge in [0.25, 0.3) is 0 Å². The van der Waals surface area contributed by atoms with Gasteiger partial charge in [-0.1, -0.05) is 0 Å². The first kappa shape index (κ1) is 26.4. The van der Waals surface area contributed by atoms with Crippen molar-refractivity contribution in [3.8, 4) is 0 Å². The second-order valence-corrected chi connectivity index (χ2v) is 8.54. The predicted octanol–water partition coefficient (Wildman–Crippen LogP) is 3.03. The van der Waals surface area contributed by atoms with E-state index in [2.05, 4.69) is 4.98 Å². The monoisotopic (exact) mass is 480 g/mol. The summed E-state index contributed by atoms with van der Waals surface area (Å²) >= 11 is 0. The van der Waals surface area contributed by atoms with E-state index in [1.165, 1.54) is 11.1 Å². The van der Waals surface area contributed by atoms with E-state index in [0.29, 0.717) is 6.42 Å². The molecule has 0 saturated carbocycles. The number of aromatic nitrogens is 1. The number of nitrogens with two attached hydrogens (primary N) is 1. The molecule has 1 aliphatic heterocycles. The molecule has 0 aliphatic carbocycles. The van der Waals surface area contributed by atoms with Gasteiger partial charge in [-0.3, -0.25) is 9.88 Å². The number of amides is 2. The number of halogens is 4. The summed E-state index contributed by atoms with van der Waals surface area (Å²) in [5.74, 6) is -0.550. The Morgan fingerprint density at radius 3 is 2.61 bits per heavy atom. The minimum atomic E-state index is -4.58. The number of morpholine rings is 1.